The first-order valence-electron chi connectivity index (χ1n) is 10.5. The summed E-state index contributed by atoms with van der Waals surface area (Å²) in [6, 6.07) is 28.9. The lowest BCUT2D eigenvalue weighted by molar-refractivity contribution is 0.687. The maximum absolute atomic E-state index is 4.91. The number of benzene rings is 3. The Morgan fingerprint density at radius 3 is 2.44 bits per heavy atom. The number of hydrogen-bond donors (Lipinski definition) is 0. The van der Waals surface area contributed by atoms with Gasteiger partial charge in [-0.25, -0.2) is 4.98 Å². The summed E-state index contributed by atoms with van der Waals surface area (Å²) in [6.07, 6.45) is 0. The lowest BCUT2D eigenvalue weighted by atomic mass is 10.0. The second kappa shape index (κ2) is 9.27. The van der Waals surface area contributed by atoms with Crippen LogP contribution in [0.15, 0.2) is 94.6 Å². The zero-order chi connectivity index (χ0) is 21.9. The maximum Gasteiger partial charge on any atom is 0.191 e. The molecule has 6 heteroatoms. The Kier molecular flexibility index (Phi) is 6.06. The van der Waals surface area contributed by atoms with E-state index in [9.17, 15) is 0 Å². The van der Waals surface area contributed by atoms with Crippen molar-refractivity contribution in [1.29, 1.82) is 0 Å². The van der Waals surface area contributed by atoms with Crippen molar-refractivity contribution < 1.29 is 0 Å². The van der Waals surface area contributed by atoms with Gasteiger partial charge in [-0.3, -0.25) is 0 Å². The van der Waals surface area contributed by atoms with Crippen LogP contribution in [0.25, 0.3) is 33.5 Å². The molecule has 0 aliphatic rings. The minimum atomic E-state index is 0.790. The van der Waals surface area contributed by atoms with Crippen molar-refractivity contribution in [2.45, 2.75) is 24.4 Å². The first kappa shape index (κ1) is 20.9. The molecule has 0 N–H and O–H groups in total. The van der Waals surface area contributed by atoms with Crippen molar-refractivity contribution in [1.82, 2.24) is 19.7 Å². The normalized spacial score (nSPS) is 11.2. The summed E-state index contributed by atoms with van der Waals surface area (Å²) in [7, 11) is 0. The predicted octanol–water partition coefficient (Wildman–Crippen LogP) is 7.24. The topological polar surface area (TPSA) is 43.6 Å². The average molecular weight is 501 g/mol. The number of para-hydroxylation sites is 1. The van der Waals surface area contributed by atoms with Crippen molar-refractivity contribution >= 4 is 38.6 Å². The zero-order valence-electron chi connectivity index (χ0n) is 17.6. The molecule has 5 rings (SSSR count). The molecule has 0 spiro atoms. The highest BCUT2D eigenvalue weighted by Crippen LogP contribution is 2.34. The van der Waals surface area contributed by atoms with Crippen LogP contribution < -0.4 is 0 Å². The summed E-state index contributed by atoms with van der Waals surface area (Å²) in [5.74, 6) is 1.70. The zero-order valence-corrected chi connectivity index (χ0v) is 20.0. The number of aromatic nitrogens is 4. The third-order valence-corrected chi connectivity index (χ3v) is 7.16. The van der Waals surface area contributed by atoms with Crippen LogP contribution >= 0.6 is 27.7 Å². The Morgan fingerprint density at radius 1 is 0.875 bits per heavy atom. The number of nitrogens with zero attached hydrogens (tertiary/aromatic N) is 4. The summed E-state index contributed by atoms with van der Waals surface area (Å²) in [6.45, 7) is 2.93. The SMILES string of the molecule is CCn1c(SCc2ccccc2Br)nnc1-c1cc(-c2ccccc2)nc2ccccc12. The van der Waals surface area contributed by atoms with Gasteiger partial charge in [0.2, 0.25) is 0 Å². The Bertz CT molecular complexity index is 1380. The van der Waals surface area contributed by atoms with E-state index in [-0.39, 0.29) is 0 Å². The first-order valence-corrected chi connectivity index (χ1v) is 12.3. The molecule has 0 amide bonds. The van der Waals surface area contributed by atoms with E-state index < -0.39 is 0 Å². The number of rotatable bonds is 6. The van der Waals surface area contributed by atoms with Gasteiger partial charge in [0.25, 0.3) is 0 Å². The van der Waals surface area contributed by atoms with Crippen LogP contribution in [0.5, 0.6) is 0 Å². The van der Waals surface area contributed by atoms with Gasteiger partial charge in [-0.15, -0.1) is 10.2 Å². The molecule has 2 heterocycles. The van der Waals surface area contributed by atoms with Gasteiger partial charge >= 0.3 is 0 Å². The molecule has 0 aliphatic heterocycles. The highest BCUT2D eigenvalue weighted by atomic mass is 79.9. The van der Waals surface area contributed by atoms with Crippen molar-refractivity contribution in [3.8, 4) is 22.6 Å². The maximum atomic E-state index is 4.91. The highest BCUT2D eigenvalue weighted by molar-refractivity contribution is 9.10. The molecule has 0 aliphatic carbocycles. The standard InChI is InChI=1S/C26H21BrN4S/c1-2-31-25(29-30-26(31)32-17-19-12-6-8-14-22(19)27)21-16-24(18-10-4-3-5-11-18)28-23-15-9-7-13-20(21)23/h3-16H,2,17H2,1H3. The average Bonchev–Trinajstić information content (AvgIpc) is 3.26. The summed E-state index contributed by atoms with van der Waals surface area (Å²) >= 11 is 5.35. The van der Waals surface area contributed by atoms with E-state index >= 15 is 0 Å². The van der Waals surface area contributed by atoms with E-state index in [4.69, 9.17) is 4.98 Å². The number of pyridine rings is 1. The van der Waals surface area contributed by atoms with E-state index in [0.29, 0.717) is 0 Å². The molecule has 0 radical (unpaired) electrons. The second-order valence-electron chi connectivity index (χ2n) is 7.37. The van der Waals surface area contributed by atoms with E-state index in [1.807, 2.05) is 36.4 Å². The largest absolute Gasteiger partial charge is 0.302 e. The van der Waals surface area contributed by atoms with Crippen LogP contribution in [0.1, 0.15) is 12.5 Å². The summed E-state index contributed by atoms with van der Waals surface area (Å²) in [4.78, 5) is 4.91. The van der Waals surface area contributed by atoms with Gasteiger partial charge in [-0.1, -0.05) is 94.4 Å². The number of fused-ring (bicyclic) bond motifs is 1. The van der Waals surface area contributed by atoms with Gasteiger partial charge in [0.1, 0.15) is 0 Å². The fraction of sp³-hybridized carbons (Fsp3) is 0.115. The van der Waals surface area contributed by atoms with E-state index in [0.717, 1.165) is 55.5 Å². The lowest BCUT2D eigenvalue weighted by Gasteiger charge is -2.12. The summed E-state index contributed by atoms with van der Waals surface area (Å²) < 4.78 is 3.31. The van der Waals surface area contributed by atoms with Crippen molar-refractivity contribution in [3.63, 3.8) is 0 Å². The summed E-state index contributed by atoms with van der Waals surface area (Å²) in [5, 5.41) is 11.2. The van der Waals surface area contributed by atoms with Crippen LogP contribution in [0.4, 0.5) is 0 Å². The quantitative estimate of drug-likeness (QED) is 0.230. The van der Waals surface area contributed by atoms with E-state index in [2.05, 4.69) is 86.1 Å². The number of halogens is 1. The molecule has 0 unspecified atom stereocenters. The molecule has 0 saturated heterocycles. The third kappa shape index (κ3) is 4.08. The molecule has 158 valence electrons. The van der Waals surface area contributed by atoms with Crippen LogP contribution in [-0.4, -0.2) is 19.7 Å². The molecular weight excluding hydrogens is 480 g/mol. The molecule has 0 saturated carbocycles. The van der Waals surface area contributed by atoms with Gasteiger partial charge in [0, 0.05) is 33.3 Å². The second-order valence-corrected chi connectivity index (χ2v) is 9.17. The smallest absolute Gasteiger partial charge is 0.191 e. The van der Waals surface area contributed by atoms with E-state index in [1.54, 1.807) is 11.8 Å². The van der Waals surface area contributed by atoms with Gasteiger partial charge in [-0.2, -0.15) is 0 Å². The van der Waals surface area contributed by atoms with Gasteiger partial charge in [0.05, 0.1) is 11.2 Å². The minimum Gasteiger partial charge on any atom is -0.302 e. The molecule has 0 bridgehead atoms. The number of hydrogen-bond acceptors (Lipinski definition) is 4. The predicted molar refractivity (Wildman–Crippen MR) is 136 cm³/mol. The number of thioether (sulfide) groups is 1. The molecule has 0 fully saturated rings. The van der Waals surface area contributed by atoms with Gasteiger partial charge in [0.15, 0.2) is 11.0 Å². The van der Waals surface area contributed by atoms with Crippen LogP contribution in [0, 0.1) is 0 Å². The van der Waals surface area contributed by atoms with Crippen LogP contribution in [0.2, 0.25) is 0 Å². The molecule has 4 nitrogen and oxygen atoms in total. The first-order chi connectivity index (χ1) is 15.7. The highest BCUT2D eigenvalue weighted by Gasteiger charge is 2.18. The Morgan fingerprint density at radius 2 is 1.62 bits per heavy atom. The van der Waals surface area contributed by atoms with Gasteiger partial charge in [-0.05, 0) is 30.7 Å². The van der Waals surface area contributed by atoms with Crippen LogP contribution in [0.3, 0.4) is 0 Å². The fourth-order valence-electron chi connectivity index (χ4n) is 3.75. The molecular formula is C26H21BrN4S. The lowest BCUT2D eigenvalue weighted by Crippen LogP contribution is -2.01. The van der Waals surface area contributed by atoms with Gasteiger partial charge < -0.3 is 4.57 Å². The Hall–Kier alpha value is -2.96. The van der Waals surface area contributed by atoms with Crippen LogP contribution in [-0.2, 0) is 12.3 Å². The fourth-order valence-corrected chi connectivity index (χ4v) is 5.37. The molecule has 2 aromatic heterocycles. The Balaban J connectivity index is 1.59. The van der Waals surface area contributed by atoms with Crippen molar-refractivity contribution in [2.75, 3.05) is 0 Å². The molecule has 32 heavy (non-hydrogen) atoms. The van der Waals surface area contributed by atoms with Crippen molar-refractivity contribution in [2.24, 2.45) is 0 Å². The third-order valence-electron chi connectivity index (χ3n) is 5.37. The monoisotopic (exact) mass is 500 g/mol. The molecule has 0 atom stereocenters. The summed E-state index contributed by atoms with van der Waals surface area (Å²) in [5.41, 5.74) is 5.27. The van der Waals surface area contributed by atoms with E-state index in [1.165, 1.54) is 5.56 Å². The minimum absolute atomic E-state index is 0.790. The van der Waals surface area contributed by atoms with Crippen molar-refractivity contribution in [3.05, 3.63) is 95.0 Å². The Labute approximate surface area is 199 Å². The molecule has 3 aromatic carbocycles. The molecule has 5 aromatic rings.